The van der Waals surface area contributed by atoms with Gasteiger partial charge in [-0.3, -0.25) is 4.79 Å². The lowest BCUT2D eigenvalue weighted by molar-refractivity contribution is -0.137. The van der Waals surface area contributed by atoms with Crippen LogP contribution in [0.3, 0.4) is 0 Å². The second kappa shape index (κ2) is 10.9. The van der Waals surface area contributed by atoms with Gasteiger partial charge in [-0.05, 0) is 30.7 Å². The maximum Gasteiger partial charge on any atom is 0.303 e. The van der Waals surface area contributed by atoms with Crippen molar-refractivity contribution in [2.24, 2.45) is 11.8 Å². The van der Waals surface area contributed by atoms with Crippen molar-refractivity contribution < 1.29 is 19.7 Å². The van der Waals surface area contributed by atoms with E-state index < -0.39 is 12.1 Å². The summed E-state index contributed by atoms with van der Waals surface area (Å²) in [4.78, 5) is 10.5. The number of carbonyl (C=O) groups is 1. The number of hydrogen-bond acceptors (Lipinski definition) is 3. The molecule has 0 bridgehead atoms. The molecule has 1 aliphatic heterocycles. The Morgan fingerprint density at radius 1 is 1.27 bits per heavy atom. The van der Waals surface area contributed by atoms with Crippen LogP contribution in [-0.2, 0) is 9.53 Å². The van der Waals surface area contributed by atoms with Gasteiger partial charge in [-0.2, -0.15) is 0 Å². The van der Waals surface area contributed by atoms with Crippen molar-refractivity contribution in [2.45, 2.75) is 44.6 Å². The summed E-state index contributed by atoms with van der Waals surface area (Å²) in [6, 6.07) is 10.0. The smallest absolute Gasteiger partial charge is 0.303 e. The Hall–Kier alpha value is -1.91. The molecule has 0 saturated carbocycles. The fourth-order valence-electron chi connectivity index (χ4n) is 3.21. The fourth-order valence-corrected chi connectivity index (χ4v) is 3.21. The number of ether oxygens (including phenoxy) is 1. The number of carboxylic acid groups (broad SMARTS) is 1. The Labute approximate surface area is 156 Å². The monoisotopic (exact) mass is 358 g/mol. The van der Waals surface area contributed by atoms with Gasteiger partial charge in [0.05, 0.1) is 19.3 Å². The van der Waals surface area contributed by atoms with Gasteiger partial charge >= 0.3 is 5.97 Å². The van der Waals surface area contributed by atoms with Crippen LogP contribution in [0.2, 0.25) is 0 Å². The van der Waals surface area contributed by atoms with E-state index in [1.165, 1.54) is 0 Å². The Morgan fingerprint density at radius 2 is 2.04 bits per heavy atom. The third-order valence-electron chi connectivity index (χ3n) is 5.01. The molecule has 1 aromatic rings. The van der Waals surface area contributed by atoms with Crippen LogP contribution in [0, 0.1) is 11.8 Å². The molecule has 0 aromatic heterocycles. The van der Waals surface area contributed by atoms with Gasteiger partial charge in [-0.15, -0.1) is 0 Å². The van der Waals surface area contributed by atoms with E-state index in [-0.39, 0.29) is 12.3 Å². The predicted molar refractivity (Wildman–Crippen MR) is 103 cm³/mol. The Morgan fingerprint density at radius 3 is 2.77 bits per heavy atom. The van der Waals surface area contributed by atoms with E-state index in [0.717, 1.165) is 25.0 Å². The number of aliphatic hydroxyl groups excluding tert-OH is 1. The van der Waals surface area contributed by atoms with Crippen LogP contribution in [-0.4, -0.2) is 35.5 Å². The fraction of sp³-hybridized carbons (Fsp3) is 0.500. The Balaban J connectivity index is 1.79. The number of benzene rings is 1. The van der Waals surface area contributed by atoms with Gasteiger partial charge in [0.2, 0.25) is 0 Å². The average molecular weight is 358 g/mol. The van der Waals surface area contributed by atoms with E-state index >= 15 is 0 Å². The molecule has 2 unspecified atom stereocenters. The molecule has 1 heterocycles. The number of rotatable bonds is 10. The number of hydrogen-bond donors (Lipinski definition) is 2. The number of carboxylic acids is 1. The number of allylic oxidation sites excluding steroid dienone is 2. The third-order valence-corrected chi connectivity index (χ3v) is 5.01. The van der Waals surface area contributed by atoms with Gasteiger partial charge in [0, 0.05) is 18.3 Å². The minimum Gasteiger partial charge on any atom is -0.481 e. The molecule has 1 aromatic carbocycles. The van der Waals surface area contributed by atoms with Gasteiger partial charge in [-0.1, -0.05) is 61.6 Å². The van der Waals surface area contributed by atoms with Crippen LogP contribution in [0.15, 0.2) is 54.6 Å². The largest absolute Gasteiger partial charge is 0.481 e. The normalized spacial score (nSPS) is 22.8. The summed E-state index contributed by atoms with van der Waals surface area (Å²) in [7, 11) is 0. The first-order valence-corrected chi connectivity index (χ1v) is 9.43. The summed E-state index contributed by atoms with van der Waals surface area (Å²) in [5.41, 5.74) is 1.13. The lowest BCUT2D eigenvalue weighted by Gasteiger charge is -2.17. The van der Waals surface area contributed by atoms with Gasteiger partial charge < -0.3 is 14.9 Å². The van der Waals surface area contributed by atoms with Crippen molar-refractivity contribution in [3.63, 3.8) is 0 Å². The molecule has 26 heavy (non-hydrogen) atoms. The molecule has 0 amide bonds. The lowest BCUT2D eigenvalue weighted by Crippen LogP contribution is -2.15. The van der Waals surface area contributed by atoms with Gasteiger partial charge in [0.15, 0.2) is 0 Å². The minimum atomic E-state index is -0.740. The number of aliphatic hydroxyl groups is 1. The van der Waals surface area contributed by atoms with Crippen LogP contribution in [0.4, 0.5) is 0 Å². The molecule has 1 aliphatic rings. The second-order valence-electron chi connectivity index (χ2n) is 7.03. The van der Waals surface area contributed by atoms with Crippen molar-refractivity contribution in [3.05, 3.63) is 60.2 Å². The summed E-state index contributed by atoms with van der Waals surface area (Å²) in [6.45, 7) is 3.46. The highest BCUT2D eigenvalue weighted by Gasteiger charge is 2.25. The zero-order valence-electron chi connectivity index (χ0n) is 15.5. The number of unbranched alkanes of at least 4 members (excludes halogenated alkanes) is 1. The molecule has 0 radical (unpaired) electrons. The lowest BCUT2D eigenvalue weighted by atomic mass is 9.90. The third kappa shape index (κ3) is 6.77. The summed E-state index contributed by atoms with van der Waals surface area (Å²) in [6.07, 6.45) is 10.3. The first-order chi connectivity index (χ1) is 12.6. The van der Waals surface area contributed by atoms with E-state index in [1.54, 1.807) is 0 Å². The summed E-state index contributed by atoms with van der Waals surface area (Å²) < 4.78 is 5.61. The van der Waals surface area contributed by atoms with Crippen molar-refractivity contribution >= 4 is 5.97 Å². The molecule has 1 fully saturated rings. The molecule has 1 saturated heterocycles. The molecule has 0 aliphatic carbocycles. The molecule has 2 N–H and O–H groups in total. The highest BCUT2D eigenvalue weighted by atomic mass is 16.5. The second-order valence-corrected chi connectivity index (χ2v) is 7.03. The van der Waals surface area contributed by atoms with Crippen LogP contribution in [0.1, 0.15) is 44.1 Å². The first kappa shape index (κ1) is 20.4. The van der Waals surface area contributed by atoms with Crippen LogP contribution < -0.4 is 0 Å². The van der Waals surface area contributed by atoms with E-state index in [0.29, 0.717) is 24.9 Å². The van der Waals surface area contributed by atoms with E-state index in [1.807, 2.05) is 43.3 Å². The standard InChI is InChI=1S/C22H30O4/c1-17(18-9-6-4-7-10-18)21(23)14-13-20-16-26-15-19(20)11-5-2-3-8-12-22(24)25/h2,4-7,9-10,13-14,17,19-21,23H,3,8,11-12,15-16H2,1H3,(H,24,25)/b5-2-,14-13+/t17?,19-,20+,21?/m0/s1. The van der Waals surface area contributed by atoms with E-state index in [9.17, 15) is 9.90 Å². The topological polar surface area (TPSA) is 66.8 Å². The summed E-state index contributed by atoms with van der Waals surface area (Å²) in [5, 5.41) is 19.1. The SMILES string of the molecule is CC(c1ccccc1)C(O)/C=C/[C@@H]1COC[C@@H]1C/C=C\CCCC(=O)O. The van der Waals surface area contributed by atoms with E-state index in [4.69, 9.17) is 9.84 Å². The predicted octanol–water partition coefficient (Wildman–Crippen LogP) is 4.17. The maximum atomic E-state index is 10.5. The maximum absolute atomic E-state index is 10.5. The Kier molecular flexibility index (Phi) is 8.59. The molecular weight excluding hydrogens is 328 g/mol. The molecule has 4 heteroatoms. The van der Waals surface area contributed by atoms with Gasteiger partial charge in [0.25, 0.3) is 0 Å². The molecule has 4 nitrogen and oxygen atoms in total. The van der Waals surface area contributed by atoms with Crippen LogP contribution >= 0.6 is 0 Å². The Bertz CT molecular complexity index is 593. The summed E-state index contributed by atoms with van der Waals surface area (Å²) in [5.74, 6) is 0.0518. The molecule has 4 atom stereocenters. The minimum absolute atomic E-state index is 0.0577. The van der Waals surface area contributed by atoms with Crippen molar-refractivity contribution in [3.8, 4) is 0 Å². The first-order valence-electron chi connectivity index (χ1n) is 9.43. The van der Waals surface area contributed by atoms with Crippen molar-refractivity contribution in [1.82, 2.24) is 0 Å². The molecule has 2 rings (SSSR count). The average Bonchev–Trinajstić information content (AvgIpc) is 3.09. The van der Waals surface area contributed by atoms with Crippen LogP contribution in [0.5, 0.6) is 0 Å². The zero-order valence-corrected chi connectivity index (χ0v) is 15.5. The quantitative estimate of drug-likeness (QED) is 0.487. The highest BCUT2D eigenvalue weighted by Crippen LogP contribution is 2.27. The van der Waals surface area contributed by atoms with E-state index in [2.05, 4.69) is 18.2 Å². The van der Waals surface area contributed by atoms with Crippen LogP contribution in [0.25, 0.3) is 0 Å². The zero-order chi connectivity index (χ0) is 18.8. The van der Waals surface area contributed by atoms with Gasteiger partial charge in [0.1, 0.15) is 0 Å². The van der Waals surface area contributed by atoms with Crippen molar-refractivity contribution in [2.75, 3.05) is 13.2 Å². The molecular formula is C22H30O4. The molecule has 142 valence electrons. The highest BCUT2D eigenvalue weighted by molar-refractivity contribution is 5.66. The van der Waals surface area contributed by atoms with Crippen molar-refractivity contribution in [1.29, 1.82) is 0 Å². The molecule has 0 spiro atoms. The number of aliphatic carboxylic acids is 1. The summed E-state index contributed by atoms with van der Waals surface area (Å²) >= 11 is 0. The van der Waals surface area contributed by atoms with Gasteiger partial charge in [-0.25, -0.2) is 0 Å².